The minimum absolute atomic E-state index is 0. The summed E-state index contributed by atoms with van der Waals surface area (Å²) in [7, 11) is -5.63. The Morgan fingerprint density at radius 2 is 1.19 bits per heavy atom. The molecule has 3 nitrogen and oxygen atoms in total. The molecule has 4 fully saturated rings. The van der Waals surface area contributed by atoms with Crippen molar-refractivity contribution < 1.29 is 49.1 Å². The molecule has 0 radical (unpaired) electrons. The fraction of sp³-hybridized carbons (Fsp3) is 0.625. The third kappa shape index (κ3) is 10.5. The summed E-state index contributed by atoms with van der Waals surface area (Å²) in [5, 5.41) is 0. The zero-order valence-corrected chi connectivity index (χ0v) is 19.1. The molecule has 4 saturated heterocycles. The second-order valence-electron chi connectivity index (χ2n) is 7.09. The minimum Gasteiger partial charge on any atom is -1.00 e. The molecular formula is C16H26BClF4N3PRu. The van der Waals surface area contributed by atoms with Crippen molar-refractivity contribution in [3.63, 3.8) is 0 Å². The van der Waals surface area contributed by atoms with Gasteiger partial charge in [-0.25, -0.2) is 0 Å². The zero-order valence-electron chi connectivity index (χ0n) is 15.7. The first-order valence-corrected chi connectivity index (χ1v) is 10.3. The maximum absolute atomic E-state index is 9.75. The molecule has 4 aliphatic heterocycles. The Balaban J connectivity index is 0.000000384. The summed E-state index contributed by atoms with van der Waals surface area (Å²) in [4.78, 5) is 7.71. The second kappa shape index (κ2) is 12.0. The normalized spacial score (nSPS) is 27.4. The Labute approximate surface area is 179 Å². The van der Waals surface area contributed by atoms with Gasteiger partial charge in [0.25, 0.3) is 0 Å². The molecular weight excluding hydrogens is 488 g/mol. The first-order chi connectivity index (χ1) is 11.6. The van der Waals surface area contributed by atoms with Gasteiger partial charge in [-0.15, -0.1) is 0 Å². The Morgan fingerprint density at radius 1 is 0.852 bits per heavy atom. The molecule has 4 heterocycles. The van der Waals surface area contributed by atoms with Crippen LogP contribution in [0.15, 0.2) is 24.3 Å². The van der Waals surface area contributed by atoms with E-state index in [4.69, 9.17) is 0 Å². The summed E-state index contributed by atoms with van der Waals surface area (Å²) in [6, 6.07) is 8.71. The van der Waals surface area contributed by atoms with Crippen molar-refractivity contribution in [3.8, 4) is 0 Å². The van der Waals surface area contributed by atoms with Crippen molar-refractivity contribution >= 4 is 15.2 Å². The molecule has 0 spiro atoms. The molecule has 4 bridgehead atoms. The van der Waals surface area contributed by atoms with E-state index >= 15 is 0 Å². The quantitative estimate of drug-likeness (QED) is 0.320. The minimum atomic E-state index is -6.00. The van der Waals surface area contributed by atoms with E-state index in [1.807, 2.05) is 0 Å². The van der Waals surface area contributed by atoms with Gasteiger partial charge in [0.1, 0.15) is 0 Å². The fourth-order valence-corrected chi connectivity index (χ4v) is 5.69. The molecule has 27 heavy (non-hydrogen) atoms. The molecule has 0 saturated carbocycles. The van der Waals surface area contributed by atoms with Crippen LogP contribution >= 0.6 is 7.92 Å². The van der Waals surface area contributed by atoms with E-state index in [0.717, 1.165) is 0 Å². The topological polar surface area (TPSA) is 9.72 Å². The molecule has 0 aromatic heterocycles. The van der Waals surface area contributed by atoms with Gasteiger partial charge < -0.3 is 29.7 Å². The largest absolute Gasteiger partial charge is 2.00 e. The summed E-state index contributed by atoms with van der Waals surface area (Å²) in [6.45, 7) is 10.3. The predicted molar refractivity (Wildman–Crippen MR) is 97.1 cm³/mol. The van der Waals surface area contributed by atoms with Gasteiger partial charge in [-0.3, -0.25) is 14.7 Å². The van der Waals surface area contributed by atoms with Crippen molar-refractivity contribution in [2.45, 2.75) is 26.7 Å². The third-order valence-corrected chi connectivity index (χ3v) is 6.54. The molecule has 5 rings (SSSR count). The van der Waals surface area contributed by atoms with Crippen LogP contribution in [0.2, 0.25) is 0 Å². The maximum Gasteiger partial charge on any atom is 2.00 e. The van der Waals surface area contributed by atoms with Crippen LogP contribution in [0, 0.1) is 6.92 Å². The van der Waals surface area contributed by atoms with E-state index < -0.39 is 7.25 Å². The van der Waals surface area contributed by atoms with Gasteiger partial charge in [0.2, 0.25) is 0 Å². The average molecular weight is 515 g/mol. The number of aryl methyl sites for hydroxylation is 1. The predicted octanol–water partition coefficient (Wildman–Crippen LogP) is 1.58. The summed E-state index contributed by atoms with van der Waals surface area (Å²) < 4.78 is 39.0. The fourth-order valence-electron chi connectivity index (χ4n) is 3.19. The number of halogens is 5. The van der Waals surface area contributed by atoms with Crippen LogP contribution in [0.4, 0.5) is 17.3 Å². The average Bonchev–Trinajstić information content (AvgIpc) is 2.45. The molecule has 11 heteroatoms. The van der Waals surface area contributed by atoms with E-state index in [2.05, 4.69) is 59.7 Å². The van der Waals surface area contributed by atoms with Crippen LogP contribution in [0.25, 0.3) is 0 Å². The van der Waals surface area contributed by atoms with Crippen molar-refractivity contribution in [1.29, 1.82) is 0 Å². The van der Waals surface area contributed by atoms with E-state index in [0.29, 0.717) is 13.8 Å². The van der Waals surface area contributed by atoms with Crippen molar-refractivity contribution in [1.82, 2.24) is 14.7 Å². The SMILES string of the molecule is C1N2CN3CN1CP(C2)C3.Cc1ccc(C(C)C)cc1.F[B-](F)(F)F.[Cl-].[Ru+2]. The Bertz CT molecular complexity index is 489. The van der Waals surface area contributed by atoms with Crippen molar-refractivity contribution in [2.75, 3.05) is 38.9 Å². The molecule has 156 valence electrons. The van der Waals surface area contributed by atoms with Gasteiger partial charge in [0.05, 0.1) is 20.0 Å². The van der Waals surface area contributed by atoms with Gasteiger partial charge >= 0.3 is 26.7 Å². The standard InChI is InChI=1S/C10H14.C6H12N3P.BF4.ClH.Ru/c1-8(2)10-6-4-9(3)5-7-10;1-7-2-9-3-8(1)5-10(4-7)6-9;2-1(3,4)5;;/h4-8H,1-3H3;1-6H2;;1H;/q;;-1;;+2/p-1. The monoisotopic (exact) mass is 515 g/mol. The van der Waals surface area contributed by atoms with Gasteiger partial charge in [0.15, 0.2) is 0 Å². The van der Waals surface area contributed by atoms with Crippen LogP contribution in [0.5, 0.6) is 0 Å². The second-order valence-corrected chi connectivity index (χ2v) is 9.28. The van der Waals surface area contributed by atoms with Gasteiger partial charge in [-0.2, -0.15) is 0 Å². The molecule has 1 aromatic rings. The van der Waals surface area contributed by atoms with Gasteiger partial charge in [-0.1, -0.05) is 51.6 Å². The first kappa shape index (κ1) is 27.2. The molecule has 1 aromatic carbocycles. The van der Waals surface area contributed by atoms with Crippen LogP contribution in [-0.2, 0) is 19.5 Å². The number of hydrogen-bond donors (Lipinski definition) is 0. The number of benzene rings is 1. The van der Waals surface area contributed by atoms with Crippen LogP contribution in [-0.4, -0.2) is 60.8 Å². The third-order valence-electron chi connectivity index (χ3n) is 4.14. The zero-order chi connectivity index (χ0) is 18.6. The van der Waals surface area contributed by atoms with Gasteiger partial charge in [0, 0.05) is 18.9 Å². The summed E-state index contributed by atoms with van der Waals surface area (Å²) in [6.07, 6.45) is 4.26. The summed E-state index contributed by atoms with van der Waals surface area (Å²) in [5.74, 6) is 0.653. The summed E-state index contributed by atoms with van der Waals surface area (Å²) in [5.41, 5.74) is 2.76. The summed E-state index contributed by atoms with van der Waals surface area (Å²) >= 11 is 0. The van der Waals surface area contributed by atoms with Crippen LogP contribution < -0.4 is 12.4 Å². The molecule has 0 N–H and O–H groups in total. The maximum atomic E-state index is 9.75. The molecule has 0 amide bonds. The number of nitrogens with zero attached hydrogens (tertiary/aromatic N) is 3. The Morgan fingerprint density at radius 3 is 1.44 bits per heavy atom. The van der Waals surface area contributed by atoms with Crippen molar-refractivity contribution in [2.24, 2.45) is 0 Å². The van der Waals surface area contributed by atoms with Gasteiger partial charge in [-0.05, 0) is 18.4 Å². The molecule has 0 aliphatic carbocycles. The van der Waals surface area contributed by atoms with Crippen LogP contribution in [0.3, 0.4) is 0 Å². The number of hydrogen-bond acceptors (Lipinski definition) is 3. The Hall–Kier alpha value is 0.228. The smallest absolute Gasteiger partial charge is 1.00 e. The van der Waals surface area contributed by atoms with E-state index in [1.54, 1.807) is 0 Å². The molecule has 0 atom stereocenters. The van der Waals surface area contributed by atoms with Crippen molar-refractivity contribution in [3.05, 3.63) is 35.4 Å². The number of rotatable bonds is 1. The molecule has 0 unspecified atom stereocenters. The first-order valence-electron chi connectivity index (χ1n) is 8.43. The van der Waals surface area contributed by atoms with Crippen LogP contribution in [0.1, 0.15) is 30.9 Å². The molecule has 4 aliphatic rings. The van der Waals surface area contributed by atoms with E-state index in [-0.39, 0.29) is 31.9 Å². The van der Waals surface area contributed by atoms with E-state index in [9.17, 15) is 17.3 Å². The van der Waals surface area contributed by atoms with E-state index in [1.165, 1.54) is 50.0 Å². The Kier molecular flexibility index (Phi) is 12.1.